The van der Waals surface area contributed by atoms with Crippen LogP contribution < -0.4 is 10.6 Å². The van der Waals surface area contributed by atoms with E-state index in [1.807, 2.05) is 16.7 Å². The first-order valence-corrected chi connectivity index (χ1v) is 11.2. The summed E-state index contributed by atoms with van der Waals surface area (Å²) in [5, 5.41) is 6.28. The van der Waals surface area contributed by atoms with Crippen molar-refractivity contribution in [2.45, 2.75) is 18.2 Å². The highest BCUT2D eigenvalue weighted by atomic mass is 32.2. The Labute approximate surface area is 194 Å². The van der Waals surface area contributed by atoms with E-state index in [2.05, 4.69) is 15.6 Å². The van der Waals surface area contributed by atoms with E-state index in [1.54, 1.807) is 55.1 Å². The second kappa shape index (κ2) is 10.6. The van der Waals surface area contributed by atoms with E-state index in [0.29, 0.717) is 29.6 Å². The van der Waals surface area contributed by atoms with Crippen molar-refractivity contribution in [1.29, 1.82) is 0 Å². The van der Waals surface area contributed by atoms with E-state index < -0.39 is 0 Å². The van der Waals surface area contributed by atoms with Crippen LogP contribution in [0.2, 0.25) is 0 Å². The van der Waals surface area contributed by atoms with Crippen molar-refractivity contribution >= 4 is 23.6 Å². The first-order chi connectivity index (χ1) is 16.1. The van der Waals surface area contributed by atoms with Crippen molar-refractivity contribution in [1.82, 2.24) is 20.2 Å². The van der Waals surface area contributed by atoms with Crippen LogP contribution in [0.4, 0.5) is 4.39 Å². The number of thioether (sulfide) groups is 1. The van der Waals surface area contributed by atoms with Crippen LogP contribution in [-0.2, 0) is 17.9 Å². The van der Waals surface area contributed by atoms with Gasteiger partial charge in [-0.1, -0.05) is 23.9 Å². The van der Waals surface area contributed by atoms with Gasteiger partial charge in [-0.3, -0.25) is 14.2 Å². The third kappa shape index (κ3) is 6.11. The van der Waals surface area contributed by atoms with Gasteiger partial charge in [0.15, 0.2) is 5.16 Å². The monoisotopic (exact) mass is 464 g/mol. The SMILES string of the molecule is O=C(CSc1nccn1-c1ccc(C(=O)NCc2ccc(F)cc2)cc1)NCc1ccco1. The molecule has 7 nitrogen and oxygen atoms in total. The molecule has 0 saturated carbocycles. The van der Waals surface area contributed by atoms with Gasteiger partial charge in [-0.05, 0) is 54.1 Å². The average Bonchev–Trinajstić information content (AvgIpc) is 3.53. The van der Waals surface area contributed by atoms with Crippen molar-refractivity contribution in [3.63, 3.8) is 0 Å². The van der Waals surface area contributed by atoms with Crippen molar-refractivity contribution in [2.24, 2.45) is 0 Å². The van der Waals surface area contributed by atoms with Crippen LogP contribution >= 0.6 is 11.8 Å². The molecule has 168 valence electrons. The Morgan fingerprint density at radius 1 is 1.00 bits per heavy atom. The normalized spacial score (nSPS) is 10.7. The summed E-state index contributed by atoms with van der Waals surface area (Å²) >= 11 is 1.31. The Hall–Kier alpha value is -3.85. The number of hydrogen-bond donors (Lipinski definition) is 2. The number of amides is 2. The van der Waals surface area contributed by atoms with Gasteiger partial charge in [-0.25, -0.2) is 9.37 Å². The molecule has 0 aliphatic rings. The van der Waals surface area contributed by atoms with Crippen LogP contribution in [0.15, 0.2) is 88.9 Å². The van der Waals surface area contributed by atoms with E-state index in [4.69, 9.17) is 4.42 Å². The summed E-state index contributed by atoms with van der Waals surface area (Å²) in [5.74, 6) is 0.240. The lowest BCUT2D eigenvalue weighted by molar-refractivity contribution is -0.118. The molecule has 0 aliphatic heterocycles. The van der Waals surface area contributed by atoms with Gasteiger partial charge >= 0.3 is 0 Å². The molecular weight excluding hydrogens is 443 g/mol. The zero-order chi connectivity index (χ0) is 23.0. The predicted octanol–water partition coefficient (Wildman–Crippen LogP) is 3.94. The maximum atomic E-state index is 13.0. The maximum absolute atomic E-state index is 13.0. The number of furan rings is 1. The predicted molar refractivity (Wildman–Crippen MR) is 122 cm³/mol. The second-order valence-corrected chi connectivity index (χ2v) is 8.02. The fraction of sp³-hybridized carbons (Fsp3) is 0.125. The van der Waals surface area contributed by atoms with Gasteiger partial charge < -0.3 is 15.1 Å². The molecule has 4 aromatic rings. The molecule has 2 aromatic heterocycles. The minimum Gasteiger partial charge on any atom is -0.467 e. The van der Waals surface area contributed by atoms with Crippen molar-refractivity contribution in [2.75, 3.05) is 5.75 Å². The number of rotatable bonds is 9. The number of carbonyl (C=O) groups excluding carboxylic acids is 2. The largest absolute Gasteiger partial charge is 0.467 e. The molecule has 0 unspecified atom stereocenters. The molecule has 2 aromatic carbocycles. The minimum absolute atomic E-state index is 0.126. The lowest BCUT2D eigenvalue weighted by Gasteiger charge is -2.09. The Morgan fingerprint density at radius 3 is 2.52 bits per heavy atom. The summed E-state index contributed by atoms with van der Waals surface area (Å²) in [5.41, 5.74) is 2.14. The standard InChI is InChI=1S/C24H21FN4O3S/c25-19-7-3-17(4-8-19)14-28-23(31)18-5-9-20(10-6-18)29-12-11-26-24(29)33-16-22(30)27-15-21-2-1-13-32-21/h1-13H,14-16H2,(H,27,30)(H,28,31). The number of hydrogen-bond acceptors (Lipinski definition) is 5. The van der Waals surface area contributed by atoms with E-state index in [1.165, 1.54) is 23.9 Å². The van der Waals surface area contributed by atoms with Crippen molar-refractivity contribution < 1.29 is 18.4 Å². The molecule has 0 radical (unpaired) electrons. The zero-order valence-electron chi connectivity index (χ0n) is 17.5. The molecule has 4 rings (SSSR count). The number of benzene rings is 2. The fourth-order valence-corrected chi connectivity index (χ4v) is 3.84. The lowest BCUT2D eigenvalue weighted by Crippen LogP contribution is -2.24. The van der Waals surface area contributed by atoms with Gasteiger partial charge in [-0.2, -0.15) is 0 Å². The van der Waals surface area contributed by atoms with Crippen LogP contribution in [0.1, 0.15) is 21.7 Å². The molecule has 0 saturated heterocycles. The molecule has 0 fully saturated rings. The highest BCUT2D eigenvalue weighted by Gasteiger charge is 2.11. The first-order valence-electron chi connectivity index (χ1n) is 10.2. The topological polar surface area (TPSA) is 89.2 Å². The highest BCUT2D eigenvalue weighted by molar-refractivity contribution is 7.99. The maximum Gasteiger partial charge on any atom is 0.251 e. The highest BCUT2D eigenvalue weighted by Crippen LogP contribution is 2.21. The zero-order valence-corrected chi connectivity index (χ0v) is 18.3. The first kappa shape index (κ1) is 22.3. The Kier molecular flexibility index (Phi) is 7.21. The van der Waals surface area contributed by atoms with E-state index >= 15 is 0 Å². The summed E-state index contributed by atoms with van der Waals surface area (Å²) < 4.78 is 20.0. The Morgan fingerprint density at radius 2 is 1.79 bits per heavy atom. The van der Waals surface area contributed by atoms with Crippen molar-refractivity contribution in [3.05, 3.63) is 102 Å². The molecule has 0 atom stereocenters. The van der Waals surface area contributed by atoms with E-state index in [9.17, 15) is 14.0 Å². The van der Waals surface area contributed by atoms with E-state index in [-0.39, 0.29) is 23.4 Å². The summed E-state index contributed by atoms with van der Waals surface area (Å²) in [6.45, 7) is 0.649. The van der Waals surface area contributed by atoms with Crippen LogP contribution in [0.3, 0.4) is 0 Å². The third-order valence-electron chi connectivity index (χ3n) is 4.75. The number of aromatic nitrogens is 2. The van der Waals surface area contributed by atoms with Gasteiger partial charge in [0.05, 0.1) is 18.6 Å². The van der Waals surface area contributed by atoms with Gasteiger partial charge in [0, 0.05) is 30.2 Å². The minimum atomic E-state index is -0.313. The Bertz CT molecular complexity index is 1210. The van der Waals surface area contributed by atoms with Crippen LogP contribution in [0, 0.1) is 5.82 Å². The van der Waals surface area contributed by atoms with Crippen LogP contribution in [0.5, 0.6) is 0 Å². The molecule has 0 spiro atoms. The fourth-order valence-electron chi connectivity index (χ4n) is 3.03. The summed E-state index contributed by atoms with van der Waals surface area (Å²) in [7, 11) is 0. The molecule has 33 heavy (non-hydrogen) atoms. The summed E-state index contributed by atoms with van der Waals surface area (Å²) in [4.78, 5) is 28.8. The van der Waals surface area contributed by atoms with E-state index in [0.717, 1.165) is 11.3 Å². The molecule has 0 bridgehead atoms. The molecule has 2 heterocycles. The van der Waals surface area contributed by atoms with Gasteiger partial charge in [-0.15, -0.1) is 0 Å². The average molecular weight is 465 g/mol. The van der Waals surface area contributed by atoms with Crippen LogP contribution in [0.25, 0.3) is 5.69 Å². The summed E-state index contributed by atoms with van der Waals surface area (Å²) in [6, 6.07) is 16.6. The van der Waals surface area contributed by atoms with Gasteiger partial charge in [0.2, 0.25) is 5.91 Å². The smallest absolute Gasteiger partial charge is 0.251 e. The van der Waals surface area contributed by atoms with Gasteiger partial charge in [0.1, 0.15) is 11.6 Å². The van der Waals surface area contributed by atoms with Crippen molar-refractivity contribution in [3.8, 4) is 5.69 Å². The molecule has 2 amide bonds. The van der Waals surface area contributed by atoms with Gasteiger partial charge in [0.25, 0.3) is 5.91 Å². The molecule has 0 aliphatic carbocycles. The van der Waals surface area contributed by atoms with Crippen LogP contribution in [-0.4, -0.2) is 27.1 Å². The number of halogens is 1. The second-order valence-electron chi connectivity index (χ2n) is 7.08. The lowest BCUT2D eigenvalue weighted by atomic mass is 10.1. The third-order valence-corrected chi connectivity index (χ3v) is 5.72. The quantitative estimate of drug-likeness (QED) is 0.366. The number of nitrogens with zero attached hydrogens (tertiary/aromatic N) is 2. The Balaban J connectivity index is 1.31. The molecule has 9 heteroatoms. The summed E-state index contributed by atoms with van der Waals surface area (Å²) in [6.07, 6.45) is 5.02. The number of carbonyl (C=O) groups is 2. The molecular formula is C24H21FN4O3S. The molecule has 2 N–H and O–H groups in total. The number of imidazole rings is 1. The number of nitrogens with one attached hydrogen (secondary N) is 2.